The van der Waals surface area contributed by atoms with Crippen molar-refractivity contribution in [1.29, 1.82) is 0 Å². The quantitative estimate of drug-likeness (QED) is 0.227. The molecule has 1 aliphatic rings. The second kappa shape index (κ2) is 11.8. The molecule has 1 atom stereocenters. The molecule has 0 saturated carbocycles. The maximum atomic E-state index is 12.3. The molecule has 1 heterocycles. The van der Waals surface area contributed by atoms with Crippen molar-refractivity contribution in [2.24, 2.45) is 4.99 Å². The Kier molecular flexibility index (Phi) is 9.38. The van der Waals surface area contributed by atoms with Crippen LogP contribution in [0.5, 0.6) is 0 Å². The predicted octanol–water partition coefficient (Wildman–Crippen LogP) is 2.66. The Balaban J connectivity index is 0.00000320. The zero-order chi connectivity index (χ0) is 20.6. The molecule has 7 nitrogen and oxygen atoms in total. The van der Waals surface area contributed by atoms with Crippen molar-refractivity contribution in [3.63, 3.8) is 0 Å². The normalized spacial score (nSPS) is 16.1. The minimum atomic E-state index is -0.222. The number of nitrogens with one attached hydrogen (secondary N) is 3. The molecule has 160 valence electrons. The van der Waals surface area contributed by atoms with Crippen LogP contribution in [-0.2, 0) is 4.79 Å². The van der Waals surface area contributed by atoms with E-state index in [1.165, 1.54) is 0 Å². The van der Waals surface area contributed by atoms with Crippen LogP contribution in [0.25, 0.3) is 0 Å². The first kappa shape index (κ1) is 23.9. The molecule has 2 aromatic carbocycles. The Labute approximate surface area is 198 Å². The van der Waals surface area contributed by atoms with Crippen LogP contribution in [0.4, 0.5) is 5.69 Å². The van der Waals surface area contributed by atoms with Gasteiger partial charge in [-0.3, -0.25) is 14.6 Å². The Morgan fingerprint density at radius 1 is 1.10 bits per heavy atom. The monoisotopic (exact) mass is 541 g/mol. The number of hydrogen-bond acceptors (Lipinski definition) is 3. The van der Waals surface area contributed by atoms with Crippen LogP contribution < -0.4 is 20.9 Å². The summed E-state index contributed by atoms with van der Waals surface area (Å²) in [5.74, 6) is 0.445. The summed E-state index contributed by atoms with van der Waals surface area (Å²) in [6.07, 6.45) is 0.402. The minimum absolute atomic E-state index is 0. The predicted molar refractivity (Wildman–Crippen MR) is 131 cm³/mol. The van der Waals surface area contributed by atoms with E-state index >= 15 is 0 Å². The summed E-state index contributed by atoms with van der Waals surface area (Å²) in [5, 5.41) is 9.65. The zero-order valence-corrected chi connectivity index (χ0v) is 19.7. The lowest BCUT2D eigenvalue weighted by Crippen LogP contribution is -2.46. The van der Waals surface area contributed by atoms with Gasteiger partial charge >= 0.3 is 0 Å². The molecule has 9 heteroatoms. The smallest absolute Gasteiger partial charge is 0.252 e. The number of hydrogen-bond donors (Lipinski definition) is 3. The van der Waals surface area contributed by atoms with Gasteiger partial charge in [-0.25, -0.2) is 0 Å². The number of nitrogens with zero attached hydrogens (tertiary/aromatic N) is 2. The molecule has 1 aliphatic heterocycles. The van der Waals surface area contributed by atoms with Crippen LogP contribution in [0.2, 0.25) is 5.02 Å². The van der Waals surface area contributed by atoms with E-state index in [1.807, 2.05) is 30.3 Å². The fraction of sp³-hybridized carbons (Fsp3) is 0.286. The van der Waals surface area contributed by atoms with Gasteiger partial charge in [0.05, 0.1) is 16.6 Å². The Bertz CT molecular complexity index is 894. The third kappa shape index (κ3) is 6.33. The number of carbonyl (C=O) groups is 2. The topological polar surface area (TPSA) is 85.8 Å². The molecule has 3 N–H and O–H groups in total. The molecule has 2 aromatic rings. The van der Waals surface area contributed by atoms with Crippen molar-refractivity contribution in [2.45, 2.75) is 12.5 Å². The van der Waals surface area contributed by atoms with E-state index in [9.17, 15) is 9.59 Å². The van der Waals surface area contributed by atoms with Gasteiger partial charge in [0.2, 0.25) is 5.91 Å². The van der Waals surface area contributed by atoms with Gasteiger partial charge in [-0.1, -0.05) is 41.9 Å². The van der Waals surface area contributed by atoms with Crippen molar-refractivity contribution in [1.82, 2.24) is 16.0 Å². The fourth-order valence-corrected chi connectivity index (χ4v) is 3.37. The summed E-state index contributed by atoms with van der Waals surface area (Å²) in [6.45, 7) is 1.47. The van der Waals surface area contributed by atoms with E-state index < -0.39 is 0 Å². The average molecular weight is 542 g/mol. The maximum absolute atomic E-state index is 12.3. The Morgan fingerprint density at radius 3 is 2.47 bits per heavy atom. The average Bonchev–Trinajstić information content (AvgIpc) is 3.11. The number of benzene rings is 2. The molecule has 1 fully saturated rings. The van der Waals surface area contributed by atoms with E-state index in [-0.39, 0.29) is 41.8 Å². The molecule has 2 amide bonds. The van der Waals surface area contributed by atoms with Crippen LogP contribution in [0, 0.1) is 0 Å². The molecule has 0 bridgehead atoms. The highest BCUT2D eigenvalue weighted by Crippen LogP contribution is 2.20. The molecule has 1 saturated heterocycles. The number of anilines is 1. The summed E-state index contributed by atoms with van der Waals surface area (Å²) < 4.78 is 0. The number of halogens is 2. The summed E-state index contributed by atoms with van der Waals surface area (Å²) in [4.78, 5) is 30.4. The van der Waals surface area contributed by atoms with Gasteiger partial charge in [0.15, 0.2) is 5.96 Å². The van der Waals surface area contributed by atoms with Gasteiger partial charge in [-0.15, -0.1) is 24.0 Å². The molecule has 0 aromatic heterocycles. The largest absolute Gasteiger partial charge is 0.355 e. The van der Waals surface area contributed by atoms with Crippen LogP contribution in [0.1, 0.15) is 16.8 Å². The van der Waals surface area contributed by atoms with Crippen LogP contribution in [0.3, 0.4) is 0 Å². The van der Waals surface area contributed by atoms with E-state index in [0.717, 1.165) is 5.69 Å². The molecule has 0 radical (unpaired) electrons. The Morgan fingerprint density at radius 2 is 1.77 bits per heavy atom. The van der Waals surface area contributed by atoms with Crippen LogP contribution in [0.15, 0.2) is 59.6 Å². The number of carbonyl (C=O) groups excluding carboxylic acids is 2. The first-order valence-electron chi connectivity index (χ1n) is 9.44. The fourth-order valence-electron chi connectivity index (χ4n) is 3.15. The van der Waals surface area contributed by atoms with Crippen molar-refractivity contribution in [3.8, 4) is 0 Å². The molecule has 0 aliphatic carbocycles. The molecule has 3 rings (SSSR count). The summed E-state index contributed by atoms with van der Waals surface area (Å²) in [7, 11) is 1.67. The van der Waals surface area contributed by atoms with Gasteiger partial charge in [-0.05, 0) is 24.3 Å². The van der Waals surface area contributed by atoms with Crippen molar-refractivity contribution in [2.75, 3.05) is 31.6 Å². The highest BCUT2D eigenvalue weighted by Gasteiger charge is 2.30. The summed E-state index contributed by atoms with van der Waals surface area (Å²) in [6, 6.07) is 16.5. The van der Waals surface area contributed by atoms with E-state index in [2.05, 4.69) is 20.9 Å². The van der Waals surface area contributed by atoms with Crippen LogP contribution >= 0.6 is 35.6 Å². The molecular weight excluding hydrogens is 517 g/mol. The van der Waals surface area contributed by atoms with Gasteiger partial charge in [0.1, 0.15) is 0 Å². The van der Waals surface area contributed by atoms with Crippen molar-refractivity contribution in [3.05, 3.63) is 65.2 Å². The number of para-hydroxylation sites is 1. The van der Waals surface area contributed by atoms with Crippen LogP contribution in [-0.4, -0.2) is 50.5 Å². The molecule has 1 unspecified atom stereocenters. The van der Waals surface area contributed by atoms with Gasteiger partial charge in [0, 0.05) is 38.8 Å². The second-order valence-corrected chi connectivity index (χ2v) is 7.03. The molecule has 0 spiro atoms. The lowest BCUT2D eigenvalue weighted by molar-refractivity contribution is -0.117. The number of amides is 2. The van der Waals surface area contributed by atoms with E-state index in [4.69, 9.17) is 11.6 Å². The van der Waals surface area contributed by atoms with Gasteiger partial charge in [-0.2, -0.15) is 0 Å². The van der Waals surface area contributed by atoms with E-state index in [1.54, 1.807) is 36.2 Å². The Hall–Kier alpha value is -2.33. The third-order valence-electron chi connectivity index (χ3n) is 4.58. The number of aliphatic imine (C=N–C) groups is 1. The molecular formula is C21H25ClIN5O2. The molecule has 30 heavy (non-hydrogen) atoms. The summed E-state index contributed by atoms with van der Waals surface area (Å²) in [5.41, 5.74) is 1.34. The number of guanidine groups is 1. The SMILES string of the molecule is CN=C(NCCNC(=O)c1ccccc1Cl)NC1CC(=O)N(c2ccccc2)C1.I. The third-order valence-corrected chi connectivity index (χ3v) is 4.91. The van der Waals surface area contributed by atoms with E-state index in [0.29, 0.717) is 42.6 Å². The standard InChI is InChI=1S/C21H24ClN5O2.HI/c1-23-21(25-12-11-24-20(29)17-9-5-6-10-18(17)22)26-15-13-19(28)27(14-15)16-7-3-2-4-8-16;/h2-10,15H,11-14H2,1H3,(H,24,29)(H2,23,25,26);1H. The lowest BCUT2D eigenvalue weighted by atomic mass is 10.2. The van der Waals surface area contributed by atoms with Crippen molar-refractivity contribution < 1.29 is 9.59 Å². The highest BCUT2D eigenvalue weighted by atomic mass is 127. The maximum Gasteiger partial charge on any atom is 0.252 e. The lowest BCUT2D eigenvalue weighted by Gasteiger charge is -2.19. The van der Waals surface area contributed by atoms with Crippen molar-refractivity contribution >= 4 is 59.0 Å². The zero-order valence-electron chi connectivity index (χ0n) is 16.6. The highest BCUT2D eigenvalue weighted by molar-refractivity contribution is 14.0. The first-order valence-corrected chi connectivity index (χ1v) is 9.81. The second-order valence-electron chi connectivity index (χ2n) is 6.62. The van der Waals surface area contributed by atoms with Gasteiger partial charge in [0.25, 0.3) is 5.91 Å². The number of rotatable bonds is 6. The first-order chi connectivity index (χ1) is 14.1. The minimum Gasteiger partial charge on any atom is -0.355 e. The summed E-state index contributed by atoms with van der Waals surface area (Å²) >= 11 is 6.03. The van der Waals surface area contributed by atoms with Gasteiger partial charge < -0.3 is 20.9 Å².